The van der Waals surface area contributed by atoms with Gasteiger partial charge in [0.25, 0.3) is 0 Å². The summed E-state index contributed by atoms with van der Waals surface area (Å²) in [6, 6.07) is 54.1. The van der Waals surface area contributed by atoms with Crippen LogP contribution in [-0.2, 0) is 0 Å². The summed E-state index contributed by atoms with van der Waals surface area (Å²) < 4.78 is 8.96. The van der Waals surface area contributed by atoms with Gasteiger partial charge in [0.2, 0.25) is 5.89 Å². The molecule has 0 amide bonds. The van der Waals surface area contributed by atoms with Gasteiger partial charge in [0, 0.05) is 36.9 Å². The van der Waals surface area contributed by atoms with Crippen molar-refractivity contribution in [2.24, 2.45) is 0 Å². The summed E-state index contributed by atoms with van der Waals surface area (Å²) in [4.78, 5) is 20.6. The van der Waals surface area contributed by atoms with Crippen molar-refractivity contribution in [3.05, 3.63) is 158 Å². The third-order valence-electron chi connectivity index (χ3n) is 9.14. The fourth-order valence-electron chi connectivity index (χ4n) is 6.73. The molecule has 0 aliphatic rings. The molecule has 3 heterocycles. The number of nitrogens with zero attached hydrogens (tertiary/aromatic N) is 4. The van der Waals surface area contributed by atoms with Crippen LogP contribution in [0.1, 0.15) is 0 Å². The van der Waals surface area contributed by atoms with Gasteiger partial charge in [0.15, 0.2) is 23.1 Å². The Morgan fingerprint density at radius 3 is 1.88 bits per heavy atom. The van der Waals surface area contributed by atoms with Crippen molar-refractivity contribution in [3.63, 3.8) is 0 Å². The minimum Gasteiger partial charge on any atom is -0.435 e. The first kappa shape index (κ1) is 28.5. The predicted molar refractivity (Wildman–Crippen MR) is 205 cm³/mol. The molecular formula is C44H26N4OS. The van der Waals surface area contributed by atoms with Gasteiger partial charge in [-0.05, 0) is 58.3 Å². The number of rotatable bonds is 5. The highest BCUT2D eigenvalue weighted by Crippen LogP contribution is 2.45. The Morgan fingerprint density at radius 1 is 0.420 bits per heavy atom. The van der Waals surface area contributed by atoms with Crippen molar-refractivity contribution >= 4 is 53.4 Å². The largest absolute Gasteiger partial charge is 0.435 e. The molecule has 0 aliphatic carbocycles. The average molecular weight is 659 g/mol. The Balaban J connectivity index is 1.28. The van der Waals surface area contributed by atoms with Crippen molar-refractivity contribution in [3.8, 4) is 56.7 Å². The molecule has 234 valence electrons. The molecule has 0 bridgehead atoms. The number of aromatic nitrogens is 4. The van der Waals surface area contributed by atoms with Crippen LogP contribution < -0.4 is 0 Å². The molecule has 10 aromatic rings. The number of benzene rings is 7. The van der Waals surface area contributed by atoms with Crippen LogP contribution >= 0.6 is 11.3 Å². The van der Waals surface area contributed by atoms with Crippen LogP contribution in [0.4, 0.5) is 0 Å². The maximum Gasteiger partial charge on any atom is 0.227 e. The quantitative estimate of drug-likeness (QED) is 0.184. The molecule has 7 aromatic carbocycles. The second-order valence-electron chi connectivity index (χ2n) is 12.3. The molecule has 5 nitrogen and oxygen atoms in total. The normalized spacial score (nSPS) is 11.6. The summed E-state index contributed by atoms with van der Waals surface area (Å²) in [5.41, 5.74) is 7.17. The Hall–Kier alpha value is -6.50. The lowest BCUT2D eigenvalue weighted by atomic mass is 10.0. The average Bonchev–Trinajstić information content (AvgIpc) is 3.79. The zero-order chi connectivity index (χ0) is 33.0. The first-order valence-corrected chi connectivity index (χ1v) is 17.3. The Kier molecular flexibility index (Phi) is 6.60. The summed E-state index contributed by atoms with van der Waals surface area (Å²) in [6.45, 7) is 0. The van der Waals surface area contributed by atoms with E-state index in [0.717, 1.165) is 65.1 Å². The van der Waals surface area contributed by atoms with E-state index in [0.29, 0.717) is 28.9 Å². The number of fused-ring (bicyclic) bond motifs is 5. The molecule has 0 saturated heterocycles. The molecule has 3 aromatic heterocycles. The summed E-state index contributed by atoms with van der Waals surface area (Å²) in [5, 5.41) is 4.46. The van der Waals surface area contributed by atoms with Crippen LogP contribution in [0.3, 0.4) is 0 Å². The fourth-order valence-corrected chi connectivity index (χ4v) is 7.88. The van der Waals surface area contributed by atoms with E-state index in [-0.39, 0.29) is 0 Å². The van der Waals surface area contributed by atoms with Crippen molar-refractivity contribution in [1.29, 1.82) is 0 Å². The molecule has 10 rings (SSSR count). The van der Waals surface area contributed by atoms with Crippen molar-refractivity contribution in [2.45, 2.75) is 0 Å². The topological polar surface area (TPSA) is 64.7 Å². The zero-order valence-electron chi connectivity index (χ0n) is 26.6. The minimum absolute atomic E-state index is 0.540. The molecule has 0 unspecified atom stereocenters. The van der Waals surface area contributed by atoms with Gasteiger partial charge < -0.3 is 4.42 Å². The van der Waals surface area contributed by atoms with Gasteiger partial charge in [0.05, 0.1) is 5.56 Å². The van der Waals surface area contributed by atoms with Gasteiger partial charge >= 0.3 is 0 Å². The van der Waals surface area contributed by atoms with E-state index in [2.05, 4.69) is 121 Å². The molecule has 0 N–H and O–H groups in total. The van der Waals surface area contributed by atoms with Crippen molar-refractivity contribution in [1.82, 2.24) is 19.9 Å². The van der Waals surface area contributed by atoms with Crippen molar-refractivity contribution in [2.75, 3.05) is 0 Å². The third kappa shape index (κ3) is 4.85. The molecule has 0 aliphatic heterocycles. The van der Waals surface area contributed by atoms with Gasteiger partial charge in [-0.3, -0.25) is 0 Å². The molecule has 0 spiro atoms. The Bertz CT molecular complexity index is 2880. The smallest absolute Gasteiger partial charge is 0.227 e. The van der Waals surface area contributed by atoms with E-state index in [4.69, 9.17) is 24.4 Å². The van der Waals surface area contributed by atoms with E-state index in [1.165, 1.54) is 4.70 Å². The monoisotopic (exact) mass is 658 g/mol. The standard InChI is InChI=1S/C44H26N4OS/c1-3-12-27(13-4-1)31-18-11-19-32(24-31)41-46-42(33-23-22-28-14-7-8-17-30(28)25-33)48-43(47-41)39-38-34-20-9-10-21-36(34)50-37(38)26-35-40(39)49-44(45-35)29-15-5-2-6-16-29/h1-26H. The molecule has 0 fully saturated rings. The number of hydrogen-bond acceptors (Lipinski definition) is 6. The van der Waals surface area contributed by atoms with Crippen molar-refractivity contribution < 1.29 is 4.42 Å². The number of oxazole rings is 1. The van der Waals surface area contributed by atoms with E-state index >= 15 is 0 Å². The lowest BCUT2D eigenvalue weighted by Gasteiger charge is -2.11. The third-order valence-corrected chi connectivity index (χ3v) is 10.3. The predicted octanol–water partition coefficient (Wildman–Crippen LogP) is 11.9. The highest BCUT2D eigenvalue weighted by atomic mass is 32.1. The van der Waals surface area contributed by atoms with E-state index < -0.39 is 0 Å². The first-order chi connectivity index (χ1) is 24.7. The van der Waals surface area contributed by atoms with Crippen LogP contribution in [0, 0.1) is 0 Å². The summed E-state index contributed by atoms with van der Waals surface area (Å²) in [5.74, 6) is 2.28. The number of thiophene rings is 1. The first-order valence-electron chi connectivity index (χ1n) is 16.5. The lowest BCUT2D eigenvalue weighted by molar-refractivity contribution is 0.621. The molecule has 0 atom stereocenters. The lowest BCUT2D eigenvalue weighted by Crippen LogP contribution is -2.01. The van der Waals surface area contributed by atoms with Gasteiger partial charge in [-0.15, -0.1) is 11.3 Å². The molecule has 0 radical (unpaired) electrons. The van der Waals surface area contributed by atoms with Gasteiger partial charge in [-0.2, -0.15) is 0 Å². The van der Waals surface area contributed by atoms with Crippen LogP contribution in [0.5, 0.6) is 0 Å². The van der Waals surface area contributed by atoms with E-state index in [1.807, 2.05) is 36.4 Å². The van der Waals surface area contributed by atoms with Crippen LogP contribution in [0.2, 0.25) is 0 Å². The van der Waals surface area contributed by atoms with Gasteiger partial charge in [-0.1, -0.05) is 121 Å². The Labute approximate surface area is 291 Å². The maximum absolute atomic E-state index is 6.68. The van der Waals surface area contributed by atoms with E-state index in [1.54, 1.807) is 11.3 Å². The molecule has 50 heavy (non-hydrogen) atoms. The highest BCUT2D eigenvalue weighted by molar-refractivity contribution is 7.26. The molecule has 0 saturated carbocycles. The van der Waals surface area contributed by atoms with E-state index in [9.17, 15) is 0 Å². The SMILES string of the molecule is c1ccc(-c2cccc(-c3nc(-c4ccc5ccccc5c4)nc(-c4c5oc(-c6ccccc6)nc5cc5sc6ccccc6c45)n3)c2)cc1. The maximum atomic E-state index is 6.68. The number of hydrogen-bond donors (Lipinski definition) is 0. The molecular weight excluding hydrogens is 633 g/mol. The summed E-state index contributed by atoms with van der Waals surface area (Å²) >= 11 is 1.74. The zero-order valence-corrected chi connectivity index (χ0v) is 27.4. The summed E-state index contributed by atoms with van der Waals surface area (Å²) in [7, 11) is 0. The van der Waals surface area contributed by atoms with Gasteiger partial charge in [0.1, 0.15) is 5.52 Å². The summed E-state index contributed by atoms with van der Waals surface area (Å²) in [6.07, 6.45) is 0. The van der Waals surface area contributed by atoms with Crippen LogP contribution in [-0.4, -0.2) is 19.9 Å². The highest BCUT2D eigenvalue weighted by Gasteiger charge is 2.24. The van der Waals surface area contributed by atoms with Crippen LogP contribution in [0.25, 0.3) is 98.8 Å². The van der Waals surface area contributed by atoms with Gasteiger partial charge in [-0.25, -0.2) is 19.9 Å². The minimum atomic E-state index is 0.540. The Morgan fingerprint density at radius 2 is 1.06 bits per heavy atom. The fraction of sp³-hybridized carbons (Fsp3) is 0. The molecule has 6 heteroatoms. The second kappa shape index (κ2) is 11.6. The van der Waals surface area contributed by atoms with Crippen LogP contribution in [0.15, 0.2) is 162 Å². The second-order valence-corrected chi connectivity index (χ2v) is 13.4.